The van der Waals surface area contributed by atoms with Crippen molar-refractivity contribution >= 4 is 23.4 Å². The maximum Gasteiger partial charge on any atom is 0.228 e. The van der Waals surface area contributed by atoms with Crippen molar-refractivity contribution in [2.75, 3.05) is 19.6 Å². The highest BCUT2D eigenvalue weighted by Crippen LogP contribution is 2.32. The van der Waals surface area contributed by atoms with Crippen molar-refractivity contribution < 1.29 is 14.3 Å². The number of rotatable bonds is 4. The van der Waals surface area contributed by atoms with Gasteiger partial charge in [0.1, 0.15) is 11.9 Å². The molecule has 0 radical (unpaired) electrons. The lowest BCUT2D eigenvalue weighted by Gasteiger charge is -2.40. The number of hydrogen-bond donors (Lipinski definition) is 0. The van der Waals surface area contributed by atoms with E-state index in [0.717, 1.165) is 12.8 Å². The smallest absolute Gasteiger partial charge is 0.228 e. The van der Waals surface area contributed by atoms with Gasteiger partial charge in [0.25, 0.3) is 0 Å². The molecule has 4 rings (SSSR count). The van der Waals surface area contributed by atoms with Crippen molar-refractivity contribution in [3.8, 4) is 5.75 Å². The molecule has 2 saturated heterocycles. The van der Waals surface area contributed by atoms with Gasteiger partial charge < -0.3 is 14.5 Å². The lowest BCUT2D eigenvalue weighted by molar-refractivity contribution is -0.144. The van der Waals surface area contributed by atoms with Gasteiger partial charge in [-0.05, 0) is 25.0 Å². The molecule has 1 aromatic rings. The van der Waals surface area contributed by atoms with Gasteiger partial charge in [0, 0.05) is 19.0 Å². The quantitative estimate of drug-likeness (QED) is 0.827. The number of para-hydroxylation sites is 1. The molecule has 3 aliphatic rings. The molecule has 0 N–H and O–H groups in total. The lowest BCUT2D eigenvalue weighted by atomic mass is 10.0. The Bertz CT molecular complexity index is 668. The molecule has 5 nitrogen and oxygen atoms in total. The molecule has 2 aliphatic heterocycles. The Morgan fingerprint density at radius 3 is 2.56 bits per heavy atom. The summed E-state index contributed by atoms with van der Waals surface area (Å²) in [6, 6.07) is 7.73. The highest BCUT2D eigenvalue weighted by molar-refractivity contribution is 6.32. The van der Waals surface area contributed by atoms with Crippen molar-refractivity contribution in [1.82, 2.24) is 9.80 Å². The van der Waals surface area contributed by atoms with E-state index in [1.165, 1.54) is 12.8 Å². The molecule has 2 amide bonds. The van der Waals surface area contributed by atoms with Crippen molar-refractivity contribution in [3.05, 3.63) is 29.3 Å². The summed E-state index contributed by atoms with van der Waals surface area (Å²) in [4.78, 5) is 28.7. The average molecular weight is 363 g/mol. The number of hydrogen-bond acceptors (Lipinski definition) is 3. The summed E-state index contributed by atoms with van der Waals surface area (Å²) in [5, 5.41) is 0.584. The first-order chi connectivity index (χ1) is 12.1. The fraction of sp³-hybridized carbons (Fsp3) is 0.579. The molecular weight excluding hydrogens is 340 g/mol. The van der Waals surface area contributed by atoms with Gasteiger partial charge in [0.15, 0.2) is 0 Å². The van der Waals surface area contributed by atoms with E-state index >= 15 is 0 Å². The molecule has 1 saturated carbocycles. The maximum atomic E-state index is 12.7. The number of ether oxygens (including phenoxy) is 1. The van der Waals surface area contributed by atoms with Gasteiger partial charge in [-0.15, -0.1) is 0 Å². The van der Waals surface area contributed by atoms with E-state index in [4.69, 9.17) is 16.3 Å². The average Bonchev–Trinajstić information content (AvgIpc) is 3.20. The van der Waals surface area contributed by atoms with Crippen LogP contribution < -0.4 is 4.74 Å². The van der Waals surface area contributed by atoms with Crippen LogP contribution in [0.15, 0.2) is 24.3 Å². The summed E-state index contributed by atoms with van der Waals surface area (Å²) in [7, 11) is 0. The summed E-state index contributed by atoms with van der Waals surface area (Å²) in [6.45, 7) is 1.73. The Labute approximate surface area is 152 Å². The minimum atomic E-state index is -0.186. The third-order valence-electron chi connectivity index (χ3n) is 5.56. The monoisotopic (exact) mass is 362 g/mol. The largest absolute Gasteiger partial charge is 0.485 e. The van der Waals surface area contributed by atoms with Gasteiger partial charge in [-0.25, -0.2) is 0 Å². The number of carbonyl (C=O) groups is 2. The fourth-order valence-corrected chi connectivity index (χ4v) is 4.32. The van der Waals surface area contributed by atoms with Crippen LogP contribution in [0.4, 0.5) is 0 Å². The molecule has 0 spiro atoms. The normalized spacial score (nSPS) is 24.7. The summed E-state index contributed by atoms with van der Waals surface area (Å²) in [5.41, 5.74) is 0. The van der Waals surface area contributed by atoms with Crippen molar-refractivity contribution in [3.63, 3.8) is 0 Å². The van der Waals surface area contributed by atoms with Gasteiger partial charge in [-0.2, -0.15) is 0 Å². The van der Waals surface area contributed by atoms with Crippen LogP contribution in [0.25, 0.3) is 0 Å². The zero-order valence-electron chi connectivity index (χ0n) is 14.2. The SMILES string of the molecule is O=C(C1CC(=O)N(C2CCCC2)C1)N1CC(Oc2ccccc2Cl)C1. The van der Waals surface area contributed by atoms with Crippen LogP contribution in [0.3, 0.4) is 0 Å². The predicted octanol–water partition coefficient (Wildman–Crippen LogP) is 2.72. The Morgan fingerprint density at radius 2 is 1.84 bits per heavy atom. The van der Waals surface area contributed by atoms with Crippen LogP contribution in [0.1, 0.15) is 32.1 Å². The second-order valence-electron chi connectivity index (χ2n) is 7.30. The zero-order valence-corrected chi connectivity index (χ0v) is 15.0. The molecule has 6 heteroatoms. The topological polar surface area (TPSA) is 49.9 Å². The first-order valence-electron chi connectivity index (χ1n) is 9.11. The highest BCUT2D eigenvalue weighted by Gasteiger charge is 2.43. The minimum absolute atomic E-state index is 0.0214. The van der Waals surface area contributed by atoms with Crippen LogP contribution in [0.5, 0.6) is 5.75 Å². The Balaban J connectivity index is 1.29. The number of likely N-dealkylation sites (tertiary alicyclic amines) is 2. The molecule has 25 heavy (non-hydrogen) atoms. The predicted molar refractivity (Wildman–Crippen MR) is 94.5 cm³/mol. The number of nitrogens with zero attached hydrogens (tertiary/aromatic N) is 2. The molecule has 134 valence electrons. The Morgan fingerprint density at radius 1 is 1.12 bits per heavy atom. The molecule has 1 aliphatic carbocycles. The third kappa shape index (κ3) is 3.34. The first kappa shape index (κ1) is 16.7. The number of benzene rings is 1. The number of carbonyl (C=O) groups excluding carboxylic acids is 2. The van der Waals surface area contributed by atoms with E-state index in [1.807, 2.05) is 23.1 Å². The van der Waals surface area contributed by atoms with Gasteiger partial charge in [0.2, 0.25) is 11.8 Å². The molecule has 0 aromatic heterocycles. The van der Waals surface area contributed by atoms with Crippen LogP contribution in [-0.2, 0) is 9.59 Å². The fourth-order valence-electron chi connectivity index (χ4n) is 4.14. The number of amides is 2. The molecule has 1 aromatic carbocycles. The number of halogens is 1. The van der Waals surface area contributed by atoms with Crippen LogP contribution in [0.2, 0.25) is 5.02 Å². The van der Waals surface area contributed by atoms with E-state index in [-0.39, 0.29) is 23.8 Å². The van der Waals surface area contributed by atoms with E-state index in [2.05, 4.69) is 0 Å². The zero-order chi connectivity index (χ0) is 17.4. The lowest BCUT2D eigenvalue weighted by Crippen LogP contribution is -2.57. The van der Waals surface area contributed by atoms with Crippen LogP contribution >= 0.6 is 11.6 Å². The van der Waals surface area contributed by atoms with Gasteiger partial charge in [0.05, 0.1) is 24.0 Å². The van der Waals surface area contributed by atoms with Crippen LogP contribution in [-0.4, -0.2) is 53.4 Å². The Kier molecular flexibility index (Phi) is 4.59. The van der Waals surface area contributed by atoms with Gasteiger partial charge in [-0.1, -0.05) is 36.6 Å². The standard InChI is InChI=1S/C19H23ClN2O3/c20-16-7-3-4-8-17(16)25-15-11-21(12-15)19(24)13-9-18(23)22(10-13)14-5-1-2-6-14/h3-4,7-8,13-15H,1-2,5-6,9-12H2. The van der Waals surface area contributed by atoms with Crippen molar-refractivity contribution in [2.24, 2.45) is 5.92 Å². The highest BCUT2D eigenvalue weighted by atomic mass is 35.5. The van der Waals surface area contributed by atoms with Gasteiger partial charge >= 0.3 is 0 Å². The summed E-state index contributed by atoms with van der Waals surface area (Å²) in [5.74, 6) is 0.710. The summed E-state index contributed by atoms with van der Waals surface area (Å²) < 4.78 is 5.84. The molecule has 0 bridgehead atoms. The van der Waals surface area contributed by atoms with E-state index in [1.54, 1.807) is 11.0 Å². The van der Waals surface area contributed by atoms with Crippen molar-refractivity contribution in [1.29, 1.82) is 0 Å². The van der Waals surface area contributed by atoms with Crippen molar-refractivity contribution in [2.45, 2.75) is 44.2 Å². The molecular formula is C19H23ClN2O3. The summed E-state index contributed by atoms with van der Waals surface area (Å²) in [6.07, 6.45) is 4.91. The molecule has 1 unspecified atom stereocenters. The Hall–Kier alpha value is -1.75. The van der Waals surface area contributed by atoms with Gasteiger partial charge in [-0.3, -0.25) is 9.59 Å². The molecule has 2 heterocycles. The molecule has 3 fully saturated rings. The van der Waals surface area contributed by atoms with E-state index in [9.17, 15) is 9.59 Å². The second kappa shape index (κ2) is 6.87. The molecule has 1 atom stereocenters. The maximum absolute atomic E-state index is 12.7. The minimum Gasteiger partial charge on any atom is -0.485 e. The van der Waals surface area contributed by atoms with Crippen LogP contribution in [0, 0.1) is 5.92 Å². The van der Waals surface area contributed by atoms with E-state index < -0.39 is 0 Å². The summed E-state index contributed by atoms with van der Waals surface area (Å²) >= 11 is 6.10. The van der Waals surface area contributed by atoms with E-state index in [0.29, 0.717) is 42.9 Å². The first-order valence-corrected chi connectivity index (χ1v) is 9.49. The third-order valence-corrected chi connectivity index (χ3v) is 5.88. The second-order valence-corrected chi connectivity index (χ2v) is 7.71.